The van der Waals surface area contributed by atoms with Crippen molar-refractivity contribution in [1.82, 2.24) is 20.6 Å². The molecule has 3 aliphatic rings. The van der Waals surface area contributed by atoms with Crippen LogP contribution in [0.3, 0.4) is 0 Å². The highest BCUT2D eigenvalue weighted by atomic mass is 35.5. The topological polar surface area (TPSA) is 108 Å². The number of hydrogen-bond donors (Lipinski definition) is 2. The number of rotatable bonds is 7. The quantitative estimate of drug-likeness (QED) is 0.408. The molecule has 2 fully saturated rings. The van der Waals surface area contributed by atoms with Crippen LogP contribution in [0.1, 0.15) is 64.2 Å². The number of para-hydroxylation sites is 1. The number of benzene rings is 1. The number of nitrogens with zero attached hydrogens (tertiary/aromatic N) is 4. The smallest absolute Gasteiger partial charge is 0.281 e. The molecule has 1 saturated carbocycles. The number of halogens is 3. The first kappa shape index (κ1) is 29.0. The van der Waals surface area contributed by atoms with Crippen molar-refractivity contribution in [2.45, 2.75) is 43.6 Å². The summed E-state index contributed by atoms with van der Waals surface area (Å²) in [6.07, 6.45) is 1.12. The molecule has 12 heteroatoms. The fourth-order valence-corrected chi connectivity index (χ4v) is 6.68. The van der Waals surface area contributed by atoms with Crippen LogP contribution in [-0.2, 0) is 10.2 Å². The van der Waals surface area contributed by atoms with Gasteiger partial charge in [-0.25, -0.2) is 13.8 Å². The average Bonchev–Trinajstić information content (AvgIpc) is 3.24. The van der Waals surface area contributed by atoms with Gasteiger partial charge in [0.15, 0.2) is 0 Å². The molecule has 1 aliphatic carbocycles. The van der Waals surface area contributed by atoms with Gasteiger partial charge in [-0.05, 0) is 61.4 Å². The maximum absolute atomic E-state index is 14.0. The second kappa shape index (κ2) is 11.5. The summed E-state index contributed by atoms with van der Waals surface area (Å²) < 4.78 is 26.8. The number of pyridine rings is 2. The Labute approximate surface area is 252 Å². The number of amides is 3. The minimum Gasteiger partial charge on any atom is -0.354 e. The van der Waals surface area contributed by atoms with Crippen LogP contribution in [0.25, 0.3) is 0 Å². The van der Waals surface area contributed by atoms with E-state index >= 15 is 0 Å². The zero-order valence-corrected chi connectivity index (χ0v) is 24.3. The Kier molecular flexibility index (Phi) is 7.76. The van der Waals surface area contributed by atoms with Crippen molar-refractivity contribution in [3.8, 4) is 0 Å². The lowest BCUT2D eigenvalue weighted by atomic mass is 9.74. The summed E-state index contributed by atoms with van der Waals surface area (Å²) in [5, 5.41) is 5.58. The highest BCUT2D eigenvalue weighted by Crippen LogP contribution is 2.49. The third-order valence-corrected chi connectivity index (χ3v) is 8.97. The lowest BCUT2D eigenvalue weighted by Gasteiger charge is -2.47. The van der Waals surface area contributed by atoms with Crippen LogP contribution < -0.4 is 20.4 Å². The van der Waals surface area contributed by atoms with Gasteiger partial charge in [-0.1, -0.05) is 35.9 Å². The molecule has 6 rings (SSSR count). The Hall–Kier alpha value is -4.12. The molecule has 2 aromatic heterocycles. The van der Waals surface area contributed by atoms with Gasteiger partial charge in [0.25, 0.3) is 18.2 Å². The molecule has 0 atom stereocenters. The van der Waals surface area contributed by atoms with Gasteiger partial charge in [-0.15, -0.1) is 0 Å². The van der Waals surface area contributed by atoms with Crippen LogP contribution in [0.4, 0.5) is 20.3 Å². The number of alkyl halides is 2. The third-order valence-electron chi connectivity index (χ3n) is 8.76. The first-order chi connectivity index (χ1) is 20.7. The Morgan fingerprint density at radius 3 is 2.53 bits per heavy atom. The number of nitrogens with one attached hydrogen (secondary N) is 2. The van der Waals surface area contributed by atoms with Crippen LogP contribution >= 0.6 is 11.6 Å². The number of carbonyl (C=O) groups is 3. The summed E-state index contributed by atoms with van der Waals surface area (Å²) in [6.45, 7) is 1.51. The second-order valence-electron chi connectivity index (χ2n) is 11.4. The van der Waals surface area contributed by atoms with Gasteiger partial charge < -0.3 is 20.4 Å². The highest BCUT2D eigenvalue weighted by molar-refractivity contribution is 6.30. The van der Waals surface area contributed by atoms with E-state index in [0.29, 0.717) is 44.0 Å². The largest absolute Gasteiger partial charge is 0.354 e. The summed E-state index contributed by atoms with van der Waals surface area (Å²) in [7, 11) is 1.56. The summed E-state index contributed by atoms with van der Waals surface area (Å²) >= 11 is 5.91. The molecule has 0 unspecified atom stereocenters. The van der Waals surface area contributed by atoms with E-state index in [-0.39, 0.29) is 34.4 Å². The molecule has 1 aromatic carbocycles. The summed E-state index contributed by atoms with van der Waals surface area (Å²) in [6, 6.07) is 14.2. The van der Waals surface area contributed by atoms with Gasteiger partial charge in [0.1, 0.15) is 22.6 Å². The van der Waals surface area contributed by atoms with Gasteiger partial charge >= 0.3 is 0 Å². The molecular formula is C31H31ClF2N6O3. The number of hydrogen-bond acceptors (Lipinski definition) is 6. The summed E-state index contributed by atoms with van der Waals surface area (Å²) in [5.74, 6) is 0.0798. The first-order valence-corrected chi connectivity index (χ1v) is 14.7. The molecule has 2 aliphatic heterocycles. The van der Waals surface area contributed by atoms with E-state index in [2.05, 4.69) is 20.6 Å². The van der Waals surface area contributed by atoms with Gasteiger partial charge in [-0.2, -0.15) is 0 Å². The molecule has 43 heavy (non-hydrogen) atoms. The minimum atomic E-state index is -2.88. The van der Waals surface area contributed by atoms with Crippen LogP contribution in [0.5, 0.6) is 0 Å². The molecule has 3 amide bonds. The average molecular weight is 609 g/mol. The van der Waals surface area contributed by atoms with E-state index in [4.69, 9.17) is 11.6 Å². The van der Waals surface area contributed by atoms with Crippen molar-refractivity contribution in [3.63, 3.8) is 0 Å². The van der Waals surface area contributed by atoms with Crippen molar-refractivity contribution >= 4 is 40.8 Å². The predicted octanol–water partition coefficient (Wildman–Crippen LogP) is 4.52. The van der Waals surface area contributed by atoms with Crippen molar-refractivity contribution in [2.75, 3.05) is 36.5 Å². The molecule has 0 bridgehead atoms. The maximum Gasteiger partial charge on any atom is 0.281 e. The monoisotopic (exact) mass is 608 g/mol. The van der Waals surface area contributed by atoms with E-state index < -0.39 is 23.4 Å². The van der Waals surface area contributed by atoms with Crippen molar-refractivity contribution in [2.24, 2.45) is 5.92 Å². The normalized spacial score (nSPS) is 20.6. The molecular weight excluding hydrogens is 578 g/mol. The van der Waals surface area contributed by atoms with Gasteiger partial charge in [0.2, 0.25) is 5.91 Å². The molecule has 1 saturated heterocycles. The zero-order chi connectivity index (χ0) is 30.3. The third kappa shape index (κ3) is 5.30. The van der Waals surface area contributed by atoms with E-state index in [0.717, 1.165) is 30.3 Å². The molecule has 224 valence electrons. The number of carbonyl (C=O) groups excluding carboxylic acids is 3. The van der Waals surface area contributed by atoms with Crippen LogP contribution in [0.15, 0.2) is 54.7 Å². The molecule has 3 aromatic rings. The van der Waals surface area contributed by atoms with Gasteiger partial charge in [0, 0.05) is 44.6 Å². The molecule has 4 heterocycles. The molecule has 9 nitrogen and oxygen atoms in total. The molecule has 1 spiro atoms. The van der Waals surface area contributed by atoms with Crippen LogP contribution in [0.2, 0.25) is 5.02 Å². The Morgan fingerprint density at radius 2 is 1.81 bits per heavy atom. The maximum atomic E-state index is 14.0. The first-order valence-electron chi connectivity index (χ1n) is 14.3. The number of anilines is 2. The van der Waals surface area contributed by atoms with Gasteiger partial charge in [-0.3, -0.25) is 19.4 Å². The Bertz CT molecular complexity index is 1570. The van der Waals surface area contributed by atoms with E-state index in [1.165, 1.54) is 6.07 Å². The fraction of sp³-hybridized carbons (Fsp3) is 0.387. The summed E-state index contributed by atoms with van der Waals surface area (Å²) in [4.78, 5) is 50.9. The van der Waals surface area contributed by atoms with Gasteiger partial charge in [0.05, 0.1) is 10.6 Å². The van der Waals surface area contributed by atoms with Crippen molar-refractivity contribution in [3.05, 3.63) is 82.3 Å². The Morgan fingerprint density at radius 1 is 1.07 bits per heavy atom. The second-order valence-corrected chi connectivity index (χ2v) is 11.8. The van der Waals surface area contributed by atoms with Crippen molar-refractivity contribution < 1.29 is 23.2 Å². The standard InChI is InChI=1S/C31H31ClF2N6O3/c1-35-29(42)23-6-4-8-25(38-23)39-16-31(17-39)22-5-2-3-7-24(22)40(30(31)43)15-18-9-11-20(12-10-18)37-28(41)21-13-19(32)14-36-26(21)27(33)34/h2-8,13-14,18,20,27H,9-12,15-17H2,1H3,(H,35,42)(H,37,41). The van der Waals surface area contributed by atoms with E-state index in [9.17, 15) is 23.2 Å². The van der Waals surface area contributed by atoms with Crippen LogP contribution in [0, 0.1) is 5.92 Å². The summed E-state index contributed by atoms with van der Waals surface area (Å²) in [5.41, 5.74) is 0.790. The zero-order valence-electron chi connectivity index (χ0n) is 23.5. The number of fused-ring (bicyclic) bond motifs is 2. The van der Waals surface area contributed by atoms with Crippen LogP contribution in [-0.4, -0.2) is 60.4 Å². The van der Waals surface area contributed by atoms with E-state index in [1.807, 2.05) is 40.1 Å². The van der Waals surface area contributed by atoms with Crippen molar-refractivity contribution in [1.29, 1.82) is 0 Å². The lowest BCUT2D eigenvalue weighted by molar-refractivity contribution is -0.124. The SMILES string of the molecule is CNC(=O)c1cccc(N2CC3(C2)C(=O)N(CC2CCC(NC(=O)c4cc(Cl)cnc4C(F)F)CC2)c2ccccc23)n1. The Balaban J connectivity index is 1.10. The lowest BCUT2D eigenvalue weighted by Crippen LogP contribution is -2.64. The molecule has 0 radical (unpaired) electrons. The fourth-order valence-electron chi connectivity index (χ4n) is 6.52. The minimum absolute atomic E-state index is 0.0656. The van der Waals surface area contributed by atoms with E-state index in [1.54, 1.807) is 19.2 Å². The predicted molar refractivity (Wildman–Crippen MR) is 158 cm³/mol. The highest BCUT2D eigenvalue weighted by Gasteiger charge is 2.58. The molecule has 2 N–H and O–H groups in total. The number of aromatic nitrogens is 2.